The zero-order valence-electron chi connectivity index (χ0n) is 21.6. The van der Waals surface area contributed by atoms with E-state index in [9.17, 15) is 9.59 Å². The number of esters is 2. The number of carbonyl (C=O) groups is 2. The van der Waals surface area contributed by atoms with Crippen LogP contribution in [0.15, 0.2) is 48.5 Å². The summed E-state index contributed by atoms with van der Waals surface area (Å²) < 4.78 is 21.6. The Morgan fingerprint density at radius 3 is 1.41 bits per heavy atom. The first-order chi connectivity index (χ1) is 18.0. The number of fused-ring (bicyclic) bond motifs is 1. The van der Waals surface area contributed by atoms with Gasteiger partial charge < -0.3 is 23.9 Å². The molecule has 7 heteroatoms. The fourth-order valence-corrected chi connectivity index (χ4v) is 5.81. The first kappa shape index (κ1) is 24.7. The van der Waals surface area contributed by atoms with Crippen LogP contribution in [0, 0.1) is 0 Å². The lowest BCUT2D eigenvalue weighted by atomic mass is 9.61. The molecular formula is C30H31NO6. The highest BCUT2D eigenvalue weighted by atomic mass is 16.5. The largest absolute Gasteiger partial charge is 0.497 e. The van der Waals surface area contributed by atoms with E-state index in [1.807, 2.05) is 24.3 Å². The van der Waals surface area contributed by atoms with E-state index in [1.54, 1.807) is 28.1 Å². The van der Waals surface area contributed by atoms with E-state index in [1.165, 1.54) is 0 Å². The molecule has 1 heterocycles. The Morgan fingerprint density at radius 1 is 0.703 bits per heavy atom. The van der Waals surface area contributed by atoms with Gasteiger partial charge in [-0.15, -0.1) is 0 Å². The number of aromatic nitrogens is 1. The third-order valence-corrected chi connectivity index (χ3v) is 7.27. The van der Waals surface area contributed by atoms with Crippen molar-refractivity contribution in [2.75, 3.05) is 27.4 Å². The van der Waals surface area contributed by atoms with Gasteiger partial charge in [0.2, 0.25) is 0 Å². The number of benzene rings is 2. The number of rotatable bonds is 8. The predicted molar refractivity (Wildman–Crippen MR) is 140 cm³/mol. The lowest BCUT2D eigenvalue weighted by Gasteiger charge is -2.41. The minimum atomic E-state index is -0.457. The van der Waals surface area contributed by atoms with E-state index >= 15 is 0 Å². The summed E-state index contributed by atoms with van der Waals surface area (Å²) in [7, 11) is 3.29. The average Bonchev–Trinajstić information content (AvgIpc) is 3.36. The van der Waals surface area contributed by atoms with Gasteiger partial charge in [-0.25, -0.2) is 9.59 Å². The van der Waals surface area contributed by atoms with Crippen LogP contribution in [-0.4, -0.2) is 44.4 Å². The van der Waals surface area contributed by atoms with Crippen molar-refractivity contribution in [2.24, 2.45) is 0 Å². The van der Waals surface area contributed by atoms with Crippen LogP contribution in [0.4, 0.5) is 0 Å². The van der Waals surface area contributed by atoms with Crippen LogP contribution in [0.2, 0.25) is 0 Å². The van der Waals surface area contributed by atoms with Gasteiger partial charge in [-0.05, 0) is 84.4 Å². The first-order valence-electron chi connectivity index (χ1n) is 12.6. The predicted octanol–water partition coefficient (Wildman–Crippen LogP) is 5.97. The van der Waals surface area contributed by atoms with E-state index in [2.05, 4.69) is 29.2 Å². The second kappa shape index (κ2) is 10.2. The minimum Gasteiger partial charge on any atom is -0.497 e. The van der Waals surface area contributed by atoms with Gasteiger partial charge in [-0.1, -0.05) is 24.3 Å². The molecule has 1 aromatic heterocycles. The molecule has 0 aliphatic heterocycles. The molecule has 7 nitrogen and oxygen atoms in total. The van der Waals surface area contributed by atoms with Gasteiger partial charge in [-0.2, -0.15) is 0 Å². The van der Waals surface area contributed by atoms with Crippen LogP contribution in [0.5, 0.6) is 11.5 Å². The van der Waals surface area contributed by atoms with E-state index in [0.29, 0.717) is 11.4 Å². The molecular weight excluding hydrogens is 470 g/mol. The molecule has 3 aliphatic carbocycles. The van der Waals surface area contributed by atoms with Crippen LogP contribution < -0.4 is 9.47 Å². The number of nitrogens with one attached hydrogen (secondary N) is 1. The van der Waals surface area contributed by atoms with Crippen molar-refractivity contribution in [3.8, 4) is 11.5 Å². The summed E-state index contributed by atoms with van der Waals surface area (Å²) in [5, 5.41) is 0. The topological polar surface area (TPSA) is 86.9 Å². The molecule has 2 bridgehead atoms. The highest BCUT2D eigenvalue weighted by Crippen LogP contribution is 2.60. The van der Waals surface area contributed by atoms with Gasteiger partial charge in [-0.3, -0.25) is 0 Å². The summed E-state index contributed by atoms with van der Waals surface area (Å²) in [5.74, 6) is 0.448. The van der Waals surface area contributed by atoms with E-state index in [-0.39, 0.29) is 25.0 Å². The third-order valence-electron chi connectivity index (χ3n) is 7.27. The van der Waals surface area contributed by atoms with Crippen molar-refractivity contribution >= 4 is 23.1 Å². The minimum absolute atomic E-state index is 0.0932. The standard InChI is InChI=1S/C30H31NO6/c1-5-36-29(32)27-25-21-15-16-22(26(25)28(31-27)30(33)37-6-2)24(18-9-13-20(35-4)14-10-18)23(21)17-7-11-19(34-3)12-8-17/h7-14,21-22,31H,5-6,15-16H2,1-4H3. The zero-order chi connectivity index (χ0) is 26.1. The molecule has 3 aliphatic rings. The highest BCUT2D eigenvalue weighted by Gasteiger charge is 2.46. The second-order valence-corrected chi connectivity index (χ2v) is 9.11. The lowest BCUT2D eigenvalue weighted by molar-refractivity contribution is 0.0515. The molecule has 0 amide bonds. The number of hydrogen-bond acceptors (Lipinski definition) is 6. The van der Waals surface area contributed by atoms with E-state index in [4.69, 9.17) is 18.9 Å². The third kappa shape index (κ3) is 4.18. The average molecular weight is 502 g/mol. The molecule has 0 spiro atoms. The number of methoxy groups -OCH3 is 2. The number of allylic oxidation sites excluding steroid dienone is 2. The molecule has 0 saturated carbocycles. The Bertz CT molecular complexity index is 1250. The Kier molecular flexibility index (Phi) is 6.78. The van der Waals surface area contributed by atoms with Gasteiger partial charge >= 0.3 is 11.9 Å². The molecule has 2 atom stereocenters. The van der Waals surface area contributed by atoms with Crippen LogP contribution in [-0.2, 0) is 9.47 Å². The van der Waals surface area contributed by atoms with Crippen molar-refractivity contribution in [3.05, 3.63) is 82.2 Å². The fraction of sp³-hybridized carbons (Fsp3) is 0.333. The Morgan fingerprint density at radius 2 is 1.08 bits per heavy atom. The molecule has 2 aromatic carbocycles. The fourth-order valence-electron chi connectivity index (χ4n) is 5.81. The summed E-state index contributed by atoms with van der Waals surface area (Å²) in [6.45, 7) is 4.04. The molecule has 37 heavy (non-hydrogen) atoms. The first-order valence-corrected chi connectivity index (χ1v) is 12.6. The van der Waals surface area contributed by atoms with E-state index < -0.39 is 11.9 Å². The van der Waals surface area contributed by atoms with Crippen LogP contribution in [0.25, 0.3) is 11.1 Å². The Labute approximate surface area is 216 Å². The molecule has 1 N–H and O–H groups in total. The maximum absolute atomic E-state index is 13.1. The molecule has 0 saturated heterocycles. The van der Waals surface area contributed by atoms with Crippen molar-refractivity contribution in [3.63, 3.8) is 0 Å². The van der Waals surface area contributed by atoms with Crippen LogP contribution in [0.1, 0.15) is 81.8 Å². The van der Waals surface area contributed by atoms with Gasteiger partial charge in [0.05, 0.1) is 27.4 Å². The van der Waals surface area contributed by atoms with Crippen molar-refractivity contribution in [1.29, 1.82) is 0 Å². The number of ether oxygens (including phenoxy) is 4. The summed E-state index contributed by atoms with van der Waals surface area (Å²) >= 11 is 0. The highest BCUT2D eigenvalue weighted by molar-refractivity contribution is 6.05. The van der Waals surface area contributed by atoms with Crippen LogP contribution >= 0.6 is 0 Å². The number of carbonyl (C=O) groups excluding carboxylic acids is 2. The van der Waals surface area contributed by atoms with Crippen molar-refractivity contribution < 1.29 is 28.5 Å². The second-order valence-electron chi connectivity index (χ2n) is 9.11. The van der Waals surface area contributed by atoms with Gasteiger partial charge in [0, 0.05) is 11.8 Å². The zero-order valence-corrected chi connectivity index (χ0v) is 21.6. The number of H-pyrrole nitrogens is 1. The normalized spacial score (nSPS) is 17.8. The van der Waals surface area contributed by atoms with Crippen molar-refractivity contribution in [1.82, 2.24) is 4.98 Å². The van der Waals surface area contributed by atoms with E-state index in [0.717, 1.165) is 57.7 Å². The summed E-state index contributed by atoms with van der Waals surface area (Å²) in [6, 6.07) is 16.0. The number of hydrogen-bond donors (Lipinski definition) is 1. The SMILES string of the molecule is CCOC(=O)c1[nH]c(C(=O)OCC)c2c1C1CCC2C(c2ccc(OC)cc2)=C1c1ccc(OC)cc1. The molecule has 6 rings (SSSR count). The summed E-state index contributed by atoms with van der Waals surface area (Å²) in [6.07, 6.45) is 1.70. The van der Waals surface area contributed by atoms with Crippen LogP contribution in [0.3, 0.4) is 0 Å². The van der Waals surface area contributed by atoms with Crippen molar-refractivity contribution in [2.45, 2.75) is 38.5 Å². The molecule has 0 fully saturated rings. The molecule has 2 unspecified atom stereocenters. The monoisotopic (exact) mass is 501 g/mol. The summed E-state index contributed by atoms with van der Waals surface area (Å²) in [4.78, 5) is 29.3. The lowest BCUT2D eigenvalue weighted by Crippen LogP contribution is -2.26. The maximum Gasteiger partial charge on any atom is 0.355 e. The quantitative estimate of drug-likeness (QED) is 0.383. The molecule has 3 aromatic rings. The van der Waals surface area contributed by atoms with Gasteiger partial charge in [0.25, 0.3) is 0 Å². The summed E-state index contributed by atoms with van der Waals surface area (Å²) in [5.41, 5.74) is 6.79. The van der Waals surface area contributed by atoms with Gasteiger partial charge in [0.15, 0.2) is 0 Å². The smallest absolute Gasteiger partial charge is 0.355 e. The molecule has 0 radical (unpaired) electrons. The Hall–Kier alpha value is -4.00. The Balaban J connectivity index is 1.76. The van der Waals surface area contributed by atoms with Gasteiger partial charge in [0.1, 0.15) is 22.9 Å². The maximum atomic E-state index is 13.1. The number of aromatic amines is 1. The molecule has 192 valence electrons.